The molecule has 0 unspecified atom stereocenters. The molecule has 0 saturated carbocycles. The van der Waals surface area contributed by atoms with E-state index in [1.165, 1.54) is 33.4 Å². The molecule has 2 aromatic heterocycles. The molecule has 2 aliphatic heterocycles. The van der Waals surface area contributed by atoms with Gasteiger partial charge in [-0.2, -0.15) is 0 Å². The van der Waals surface area contributed by atoms with Crippen LogP contribution in [0.25, 0.3) is 99.5 Å². The monoisotopic (exact) mass is 1580 g/mol. The van der Waals surface area contributed by atoms with Gasteiger partial charge >= 0.3 is 0 Å². The fourth-order valence-corrected chi connectivity index (χ4v) is 18.5. The van der Waals surface area contributed by atoms with Gasteiger partial charge in [0, 0.05) is 77.9 Å². The summed E-state index contributed by atoms with van der Waals surface area (Å²) in [4.78, 5) is 5.26. The van der Waals surface area contributed by atoms with Crippen LogP contribution in [-0.4, -0.2) is 15.8 Å². The maximum absolute atomic E-state index is 10.2. The molecule has 15 aromatic rings. The Morgan fingerprint density at radius 1 is 0.267 bits per heavy atom. The van der Waals surface area contributed by atoms with Gasteiger partial charge in [-0.1, -0.05) is 345 Å². The fourth-order valence-electron chi connectivity index (χ4n) is 18.5. The van der Waals surface area contributed by atoms with Crippen molar-refractivity contribution in [2.24, 2.45) is 5.41 Å². The zero-order chi connectivity index (χ0) is 92.5. The van der Waals surface area contributed by atoms with E-state index in [1.54, 1.807) is 0 Å². The van der Waals surface area contributed by atoms with Crippen molar-refractivity contribution >= 4 is 101 Å². The minimum absolute atomic E-state index is 0.0896. The number of aromatic nitrogens is 2. The Balaban J connectivity index is 1.13. The molecule has 5 heteroatoms. The smallest absolute Gasteiger partial charge is 0.252 e. The van der Waals surface area contributed by atoms with Crippen molar-refractivity contribution in [2.45, 2.75) is 237 Å². The summed E-state index contributed by atoms with van der Waals surface area (Å²) in [6, 6.07) is 76.8. The van der Waals surface area contributed by atoms with Gasteiger partial charge in [-0.05, 0) is 241 Å². The maximum Gasteiger partial charge on any atom is 0.252 e. The van der Waals surface area contributed by atoms with Crippen molar-refractivity contribution in [3.8, 4) is 55.9 Å². The van der Waals surface area contributed by atoms with Crippen molar-refractivity contribution in [3.63, 3.8) is 0 Å². The van der Waals surface area contributed by atoms with Crippen LogP contribution >= 0.6 is 0 Å². The Kier molecular flexibility index (Phi) is 17.0. The summed E-state index contributed by atoms with van der Waals surface area (Å²) < 4.78 is 82.5. The van der Waals surface area contributed by atoms with Crippen LogP contribution in [0.4, 0.5) is 34.1 Å². The Hall–Kier alpha value is -10.9. The highest BCUT2D eigenvalue weighted by molar-refractivity contribution is 7.00. The highest BCUT2D eigenvalue weighted by atomic mass is 15.2. The van der Waals surface area contributed by atoms with Gasteiger partial charge in [-0.3, -0.25) is 0 Å². The topological polar surface area (TPSA) is 16.3 Å². The largest absolute Gasteiger partial charge is 0.310 e. The van der Waals surface area contributed by atoms with Gasteiger partial charge in [-0.15, -0.1) is 0 Å². The third-order valence-electron chi connectivity index (χ3n) is 25.4. The second-order valence-electron chi connectivity index (χ2n) is 44.1. The molecular weight excluding hydrogens is 1450 g/mol. The summed E-state index contributed by atoms with van der Waals surface area (Å²) in [6.45, 7) is 61.1. The molecule has 0 saturated heterocycles. The minimum Gasteiger partial charge on any atom is -0.310 e. The van der Waals surface area contributed by atoms with E-state index in [1.807, 2.05) is 0 Å². The first-order valence-electron chi connectivity index (χ1n) is 47.5. The Labute approximate surface area is 729 Å². The summed E-state index contributed by atoms with van der Waals surface area (Å²) >= 11 is 0. The number of para-hydroxylation sites is 2. The second kappa shape index (κ2) is 28.4. The van der Waals surface area contributed by atoms with Gasteiger partial charge in [0.05, 0.1) is 44.4 Å². The lowest BCUT2D eigenvalue weighted by molar-refractivity contribution is 0.411. The zero-order valence-electron chi connectivity index (χ0n) is 84.2. The van der Waals surface area contributed by atoms with Crippen LogP contribution in [0, 0.1) is 5.41 Å². The summed E-state index contributed by atoms with van der Waals surface area (Å²) in [5.41, 5.74) is 28.7. The van der Waals surface area contributed by atoms with E-state index < -0.39 is 6.71 Å². The molecule has 0 bridgehead atoms. The number of rotatable bonds is 9. The van der Waals surface area contributed by atoms with Crippen LogP contribution < -0.4 is 26.2 Å². The van der Waals surface area contributed by atoms with Crippen molar-refractivity contribution in [2.75, 3.05) is 9.80 Å². The van der Waals surface area contributed by atoms with Gasteiger partial charge in [-0.25, -0.2) is 0 Å². The summed E-state index contributed by atoms with van der Waals surface area (Å²) in [5.74, 6) is 0. The predicted octanol–water partition coefficient (Wildman–Crippen LogP) is 30.6. The lowest BCUT2D eigenvalue weighted by atomic mass is 9.33. The van der Waals surface area contributed by atoms with Crippen LogP contribution in [0.3, 0.4) is 0 Å². The third kappa shape index (κ3) is 14.5. The number of anilines is 6. The molecule has 0 radical (unpaired) electrons. The van der Waals surface area contributed by atoms with Crippen LogP contribution in [0.2, 0.25) is 0 Å². The van der Waals surface area contributed by atoms with Crippen LogP contribution in [0.5, 0.6) is 0 Å². The van der Waals surface area contributed by atoms with E-state index in [4.69, 9.17) is 0 Å². The van der Waals surface area contributed by atoms with Gasteiger partial charge in [0.25, 0.3) is 6.71 Å². The first kappa shape index (κ1) is 72.0. The SMILES string of the molecule is [2H]c1c([2H])c([2H])c2c(c1[2H])c1cc(C(C)(C)C)ccc1n2-c1ccc2c(c1)N(c1c(-c3cccc(C(C)(C)C)c3)cc(C(C)(C)C)cc1-c1cccc(C(C)(C)C)c1)c1cc(CC(C)(C)C)cc3c1B2c1ccc(-n2c4ccc(C(C)(C)C)cc4c4c([2H])c([2H])c([2H])c([2H])c42)cc1N3c1c(-c2cccc(C(C)(C)C)c2)cc(C(C)(C)C)cc1-c1cccc(C(C)(C)C)c1. The lowest BCUT2D eigenvalue weighted by Gasteiger charge is -2.46. The Bertz CT molecular complexity index is 6580. The zero-order valence-corrected chi connectivity index (χ0v) is 76.2. The molecule has 0 aliphatic carbocycles. The highest BCUT2D eigenvalue weighted by Gasteiger charge is 2.47. The molecule has 608 valence electrons. The second-order valence-corrected chi connectivity index (χ2v) is 44.1. The van der Waals surface area contributed by atoms with E-state index in [2.05, 4.69) is 412 Å². The Morgan fingerprint density at radius 3 is 0.867 bits per heavy atom. The average molecular weight is 1580 g/mol. The molecule has 13 aromatic carbocycles. The first-order chi connectivity index (χ1) is 59.5. The number of hydrogen-bond donors (Lipinski definition) is 0. The molecule has 0 fully saturated rings. The predicted molar refractivity (Wildman–Crippen MR) is 524 cm³/mol. The van der Waals surface area contributed by atoms with E-state index in [0.29, 0.717) is 28.2 Å². The normalized spacial score (nSPS) is 14.7. The lowest BCUT2D eigenvalue weighted by Crippen LogP contribution is -2.61. The van der Waals surface area contributed by atoms with E-state index in [-0.39, 0.29) is 97.1 Å². The van der Waals surface area contributed by atoms with Crippen LogP contribution in [-0.2, 0) is 49.7 Å². The number of hydrogen-bond acceptors (Lipinski definition) is 2. The van der Waals surface area contributed by atoms with E-state index in [0.717, 1.165) is 145 Å². The van der Waals surface area contributed by atoms with Crippen molar-refractivity contribution in [1.29, 1.82) is 0 Å². The van der Waals surface area contributed by atoms with Crippen molar-refractivity contribution in [3.05, 3.63) is 305 Å². The van der Waals surface area contributed by atoms with Crippen LogP contribution in [0.15, 0.2) is 255 Å². The van der Waals surface area contributed by atoms with E-state index >= 15 is 0 Å². The molecule has 0 amide bonds. The van der Waals surface area contributed by atoms with Gasteiger partial charge in [0.15, 0.2) is 0 Å². The quantitative estimate of drug-likeness (QED) is 0.134. The van der Waals surface area contributed by atoms with Gasteiger partial charge < -0.3 is 18.9 Å². The van der Waals surface area contributed by atoms with Gasteiger partial charge in [0.1, 0.15) is 0 Å². The van der Waals surface area contributed by atoms with Gasteiger partial charge in [0.2, 0.25) is 0 Å². The molecule has 17 rings (SSSR count). The molecular formula is C115H125BN4. The molecule has 0 spiro atoms. The molecule has 0 N–H and O–H groups in total. The summed E-state index contributed by atoms with van der Waals surface area (Å²) in [7, 11) is 0. The third-order valence-corrected chi connectivity index (χ3v) is 25.4. The Morgan fingerprint density at radius 2 is 0.567 bits per heavy atom. The standard InChI is InChI=1S/C115H125BN4/c1-107(2,3)70-71-56-102-104-103(57-71)120(106-90(74-38-34-42-78(60-74)110(10,11)12)66-83(115(25,26)27)67-91(106)75-39-35-43-79(61-75)111(13,14)15)101-69-85(118-97-47-31-29-45-87(97)93-63-81(113(19,20)21)49-55-99(93)118)51-53-95(101)116(104)94-52-50-84(117-96-46-30-28-44-86(96)92-62-80(112(16,17)18)48-54-98(92)117)68-100(94)119(102)105-88(72-36-32-40-76(58-72)108(4,5)6)64-82(114(22,23)24)65-89(105)73-37-33-41-77(59-73)109(7,8)9/h28-69H,70H2,1-27H3/i28D,29D,30D,31D,44D,45D,46D,47D. The van der Waals surface area contributed by atoms with E-state index in [9.17, 15) is 11.0 Å². The molecule has 2 aliphatic rings. The molecule has 120 heavy (non-hydrogen) atoms. The molecule has 0 atom stereocenters. The first-order valence-corrected chi connectivity index (χ1v) is 43.5. The average Bonchev–Trinajstić information content (AvgIpc) is 0.974. The molecule has 4 nitrogen and oxygen atoms in total. The molecule has 4 heterocycles. The maximum atomic E-state index is 10.2. The highest BCUT2D eigenvalue weighted by Crippen LogP contribution is 2.57. The fraction of sp³-hybridized carbons (Fsp3) is 0.322. The van der Waals surface area contributed by atoms with Crippen molar-refractivity contribution in [1.82, 2.24) is 9.13 Å². The summed E-state index contributed by atoms with van der Waals surface area (Å²) in [6.07, 6.45) is 0.660. The number of benzene rings is 13. The number of nitrogens with zero attached hydrogens (tertiary/aromatic N) is 4. The summed E-state index contributed by atoms with van der Waals surface area (Å²) in [5, 5.41) is 2.41. The number of fused-ring (bicyclic) bond motifs is 10. The minimum atomic E-state index is -0.540. The van der Waals surface area contributed by atoms with Crippen molar-refractivity contribution < 1.29 is 11.0 Å². The van der Waals surface area contributed by atoms with Crippen LogP contribution in [0.1, 0.15) is 248 Å².